The summed E-state index contributed by atoms with van der Waals surface area (Å²) in [7, 11) is 0. The van der Waals surface area contributed by atoms with E-state index in [4.69, 9.17) is 10.5 Å². The molecule has 0 radical (unpaired) electrons. The van der Waals surface area contributed by atoms with Crippen molar-refractivity contribution in [3.8, 4) is 5.75 Å². The molecule has 1 rings (SSSR count). The summed E-state index contributed by atoms with van der Waals surface area (Å²) in [5.41, 5.74) is 5.55. The maximum absolute atomic E-state index is 11.6. The molecule has 0 bridgehead atoms. The third-order valence-electron chi connectivity index (χ3n) is 2.16. The highest BCUT2D eigenvalue weighted by atomic mass is 16.5. The number of nitrogens with two attached hydrogens (primary N) is 1. The third-order valence-corrected chi connectivity index (χ3v) is 2.16. The molecule has 0 saturated carbocycles. The third kappa shape index (κ3) is 4.84. The van der Waals surface area contributed by atoms with E-state index in [-0.39, 0.29) is 17.2 Å². The molecule has 1 aromatic carbocycles. The quantitative estimate of drug-likeness (QED) is 0.603. The standard InChI is InChI=1S/C12H18N2O3/c13-6-9-17-8-3-7-14-12(16)10-4-1-2-5-11(10)15/h1-2,4-5,15H,3,6-9,13H2,(H,14,16). The SMILES string of the molecule is NCCOCCCNC(=O)c1ccccc1O. The lowest BCUT2D eigenvalue weighted by atomic mass is 10.2. The average Bonchev–Trinajstić information content (AvgIpc) is 2.34. The molecule has 5 nitrogen and oxygen atoms in total. The molecule has 1 amide bonds. The summed E-state index contributed by atoms with van der Waals surface area (Å²) in [5, 5.41) is 12.2. The van der Waals surface area contributed by atoms with E-state index in [1.165, 1.54) is 6.07 Å². The summed E-state index contributed by atoms with van der Waals surface area (Å²) in [6.07, 6.45) is 0.722. The minimum absolute atomic E-state index is 0.00983. The van der Waals surface area contributed by atoms with E-state index >= 15 is 0 Å². The van der Waals surface area contributed by atoms with Crippen molar-refractivity contribution in [3.63, 3.8) is 0 Å². The van der Waals surface area contributed by atoms with Crippen LogP contribution in [0.5, 0.6) is 5.75 Å². The fraction of sp³-hybridized carbons (Fsp3) is 0.417. The number of ether oxygens (including phenoxy) is 1. The van der Waals surface area contributed by atoms with Crippen LogP contribution in [0, 0.1) is 0 Å². The van der Waals surface area contributed by atoms with E-state index in [0.29, 0.717) is 26.3 Å². The number of hydrogen-bond acceptors (Lipinski definition) is 4. The smallest absolute Gasteiger partial charge is 0.255 e. The number of rotatable bonds is 7. The van der Waals surface area contributed by atoms with Gasteiger partial charge in [0, 0.05) is 19.7 Å². The Kier molecular flexibility index (Phi) is 6.06. The van der Waals surface area contributed by atoms with Crippen LogP contribution in [-0.4, -0.2) is 37.3 Å². The first-order valence-corrected chi connectivity index (χ1v) is 5.59. The Bertz CT molecular complexity index is 355. The molecule has 0 aliphatic carbocycles. The number of benzene rings is 1. The zero-order valence-corrected chi connectivity index (χ0v) is 9.69. The van der Waals surface area contributed by atoms with Gasteiger partial charge in [-0.2, -0.15) is 0 Å². The van der Waals surface area contributed by atoms with Crippen molar-refractivity contribution in [1.82, 2.24) is 5.32 Å². The monoisotopic (exact) mass is 238 g/mol. The van der Waals surface area contributed by atoms with Gasteiger partial charge in [-0.15, -0.1) is 0 Å². The van der Waals surface area contributed by atoms with Crippen LogP contribution in [0.3, 0.4) is 0 Å². The van der Waals surface area contributed by atoms with Gasteiger partial charge < -0.3 is 20.9 Å². The Morgan fingerprint density at radius 1 is 1.35 bits per heavy atom. The summed E-state index contributed by atoms with van der Waals surface area (Å²) in [4.78, 5) is 11.6. The summed E-state index contributed by atoms with van der Waals surface area (Å²) >= 11 is 0. The van der Waals surface area contributed by atoms with Crippen LogP contribution in [0.4, 0.5) is 0 Å². The Labute approximate surface area is 101 Å². The first-order chi connectivity index (χ1) is 8.25. The van der Waals surface area contributed by atoms with Crippen LogP contribution >= 0.6 is 0 Å². The molecular formula is C12H18N2O3. The second-order valence-corrected chi connectivity index (χ2v) is 3.53. The lowest BCUT2D eigenvalue weighted by molar-refractivity contribution is 0.0940. The highest BCUT2D eigenvalue weighted by Gasteiger charge is 2.08. The zero-order valence-electron chi connectivity index (χ0n) is 9.69. The van der Waals surface area contributed by atoms with E-state index in [0.717, 1.165) is 6.42 Å². The number of hydrogen-bond donors (Lipinski definition) is 3. The van der Waals surface area contributed by atoms with Gasteiger partial charge in [0.1, 0.15) is 5.75 Å². The fourth-order valence-corrected chi connectivity index (χ4v) is 1.32. The van der Waals surface area contributed by atoms with Gasteiger partial charge in [-0.1, -0.05) is 12.1 Å². The minimum Gasteiger partial charge on any atom is -0.507 e. The van der Waals surface area contributed by atoms with Crippen molar-refractivity contribution in [2.24, 2.45) is 5.73 Å². The van der Waals surface area contributed by atoms with Crippen LogP contribution < -0.4 is 11.1 Å². The van der Waals surface area contributed by atoms with E-state index < -0.39 is 0 Å². The van der Waals surface area contributed by atoms with E-state index in [9.17, 15) is 9.90 Å². The molecule has 5 heteroatoms. The van der Waals surface area contributed by atoms with Gasteiger partial charge in [-0.05, 0) is 18.6 Å². The zero-order chi connectivity index (χ0) is 12.5. The van der Waals surface area contributed by atoms with Crippen molar-refractivity contribution >= 4 is 5.91 Å². The second-order valence-electron chi connectivity index (χ2n) is 3.53. The number of carbonyl (C=O) groups excluding carboxylic acids is 1. The number of phenolic OH excluding ortho intramolecular Hbond substituents is 1. The molecule has 0 aliphatic rings. The van der Waals surface area contributed by atoms with Gasteiger partial charge in [0.2, 0.25) is 0 Å². The molecule has 94 valence electrons. The molecule has 0 heterocycles. The molecule has 0 atom stereocenters. The molecule has 4 N–H and O–H groups in total. The van der Waals surface area contributed by atoms with E-state index in [2.05, 4.69) is 5.32 Å². The molecule has 0 saturated heterocycles. The summed E-state index contributed by atoms with van der Waals surface area (Å²) in [6, 6.07) is 6.45. The number of nitrogens with one attached hydrogen (secondary N) is 1. The second kappa shape index (κ2) is 7.65. The van der Waals surface area contributed by atoms with Crippen molar-refractivity contribution in [3.05, 3.63) is 29.8 Å². The molecule has 0 aliphatic heterocycles. The number of amides is 1. The topological polar surface area (TPSA) is 84.6 Å². The Balaban J connectivity index is 2.24. The van der Waals surface area contributed by atoms with Gasteiger partial charge in [-0.25, -0.2) is 0 Å². The van der Waals surface area contributed by atoms with E-state index in [1.54, 1.807) is 18.2 Å². The minimum atomic E-state index is -0.276. The highest BCUT2D eigenvalue weighted by Crippen LogP contribution is 2.14. The molecule has 0 spiro atoms. The van der Waals surface area contributed by atoms with Crippen molar-refractivity contribution in [2.45, 2.75) is 6.42 Å². The van der Waals surface area contributed by atoms with Crippen molar-refractivity contribution in [1.29, 1.82) is 0 Å². The fourth-order valence-electron chi connectivity index (χ4n) is 1.32. The number of carbonyl (C=O) groups is 1. The van der Waals surface area contributed by atoms with Crippen LogP contribution in [0.25, 0.3) is 0 Å². The molecule has 0 unspecified atom stereocenters. The molecule has 0 fully saturated rings. The van der Waals surface area contributed by atoms with Crippen LogP contribution in [-0.2, 0) is 4.74 Å². The Hall–Kier alpha value is -1.59. The largest absolute Gasteiger partial charge is 0.507 e. The number of aromatic hydroxyl groups is 1. The number of phenols is 1. The molecule has 1 aromatic rings. The van der Waals surface area contributed by atoms with Crippen molar-refractivity contribution in [2.75, 3.05) is 26.3 Å². The predicted molar refractivity (Wildman–Crippen MR) is 64.9 cm³/mol. The first-order valence-electron chi connectivity index (χ1n) is 5.59. The van der Waals surface area contributed by atoms with Gasteiger partial charge in [-0.3, -0.25) is 4.79 Å². The highest BCUT2D eigenvalue weighted by molar-refractivity contribution is 5.96. The number of para-hydroxylation sites is 1. The van der Waals surface area contributed by atoms with Crippen molar-refractivity contribution < 1.29 is 14.6 Å². The summed E-state index contributed by atoms with van der Waals surface area (Å²) in [6.45, 7) is 2.12. The first kappa shape index (κ1) is 13.5. The summed E-state index contributed by atoms with van der Waals surface area (Å²) in [5.74, 6) is -0.286. The predicted octanol–water partition coefficient (Wildman–Crippen LogP) is 0.487. The van der Waals surface area contributed by atoms with Crippen LogP contribution in [0.15, 0.2) is 24.3 Å². The maximum atomic E-state index is 11.6. The summed E-state index contributed by atoms with van der Waals surface area (Å²) < 4.78 is 5.17. The molecular weight excluding hydrogens is 220 g/mol. The lowest BCUT2D eigenvalue weighted by Gasteiger charge is -2.06. The van der Waals surface area contributed by atoms with Crippen LogP contribution in [0.2, 0.25) is 0 Å². The van der Waals surface area contributed by atoms with Crippen LogP contribution in [0.1, 0.15) is 16.8 Å². The van der Waals surface area contributed by atoms with E-state index in [1.807, 2.05) is 0 Å². The lowest BCUT2D eigenvalue weighted by Crippen LogP contribution is -2.25. The molecule has 0 aromatic heterocycles. The van der Waals surface area contributed by atoms with Gasteiger partial charge in [0.25, 0.3) is 5.91 Å². The maximum Gasteiger partial charge on any atom is 0.255 e. The average molecular weight is 238 g/mol. The van der Waals surface area contributed by atoms with Gasteiger partial charge in [0.05, 0.1) is 12.2 Å². The van der Waals surface area contributed by atoms with Gasteiger partial charge in [0.15, 0.2) is 0 Å². The Morgan fingerprint density at radius 2 is 2.12 bits per heavy atom. The normalized spacial score (nSPS) is 10.2. The Morgan fingerprint density at radius 3 is 2.82 bits per heavy atom. The van der Waals surface area contributed by atoms with Gasteiger partial charge >= 0.3 is 0 Å². The molecule has 17 heavy (non-hydrogen) atoms.